The predicted octanol–water partition coefficient (Wildman–Crippen LogP) is 4.35. The van der Waals surface area contributed by atoms with Gasteiger partial charge in [0.2, 0.25) is 0 Å². The van der Waals surface area contributed by atoms with E-state index in [-0.39, 0.29) is 0 Å². The molecule has 1 aromatic heterocycles. The standard InChI is InChI=1S/C19H14N2O/c20-13-3-4-15-7-11-18(12-8-15)22-14-17-10-9-16-5-1-2-6-19(16)21-17/h1-12H,14H2/b4-3+. The van der Waals surface area contributed by atoms with E-state index in [1.54, 1.807) is 6.08 Å². The van der Waals surface area contributed by atoms with Crippen molar-refractivity contribution < 1.29 is 4.74 Å². The van der Waals surface area contributed by atoms with Crippen molar-refractivity contribution in [3.63, 3.8) is 0 Å². The third-order valence-corrected chi connectivity index (χ3v) is 3.27. The summed E-state index contributed by atoms with van der Waals surface area (Å²) >= 11 is 0. The van der Waals surface area contributed by atoms with Crippen molar-refractivity contribution >= 4 is 17.0 Å². The first kappa shape index (κ1) is 13.8. The summed E-state index contributed by atoms with van der Waals surface area (Å²) in [7, 11) is 0. The highest BCUT2D eigenvalue weighted by Gasteiger charge is 2.00. The largest absolute Gasteiger partial charge is 0.487 e. The highest BCUT2D eigenvalue weighted by atomic mass is 16.5. The normalized spacial score (nSPS) is 10.7. The minimum Gasteiger partial charge on any atom is -0.487 e. The van der Waals surface area contributed by atoms with E-state index < -0.39 is 0 Å². The van der Waals surface area contributed by atoms with Crippen molar-refractivity contribution in [1.29, 1.82) is 5.26 Å². The van der Waals surface area contributed by atoms with Crippen LogP contribution in [-0.4, -0.2) is 4.98 Å². The first-order chi connectivity index (χ1) is 10.8. The molecule has 0 atom stereocenters. The van der Waals surface area contributed by atoms with Crippen molar-refractivity contribution in [1.82, 2.24) is 4.98 Å². The van der Waals surface area contributed by atoms with Crippen LogP contribution in [0.4, 0.5) is 0 Å². The molecule has 3 nitrogen and oxygen atoms in total. The number of hydrogen-bond donors (Lipinski definition) is 0. The number of pyridine rings is 1. The Hall–Kier alpha value is -3.12. The number of allylic oxidation sites excluding steroid dienone is 1. The number of benzene rings is 2. The summed E-state index contributed by atoms with van der Waals surface area (Å²) in [5, 5.41) is 9.62. The van der Waals surface area contributed by atoms with Gasteiger partial charge < -0.3 is 4.74 Å². The van der Waals surface area contributed by atoms with Crippen molar-refractivity contribution in [2.45, 2.75) is 6.61 Å². The highest BCUT2D eigenvalue weighted by Crippen LogP contribution is 2.16. The summed E-state index contributed by atoms with van der Waals surface area (Å²) in [6, 6.07) is 21.6. The number of fused-ring (bicyclic) bond motifs is 1. The van der Waals surface area contributed by atoms with Crippen LogP contribution in [0.25, 0.3) is 17.0 Å². The quantitative estimate of drug-likeness (QED) is 0.670. The molecule has 3 heteroatoms. The molecule has 0 unspecified atom stereocenters. The first-order valence-corrected chi connectivity index (χ1v) is 6.99. The van der Waals surface area contributed by atoms with Crippen LogP contribution >= 0.6 is 0 Å². The fourth-order valence-corrected chi connectivity index (χ4v) is 2.15. The van der Waals surface area contributed by atoms with Crippen LogP contribution in [0.15, 0.2) is 66.7 Å². The van der Waals surface area contributed by atoms with Crippen LogP contribution in [0.2, 0.25) is 0 Å². The molecule has 2 aromatic carbocycles. The van der Waals surface area contributed by atoms with E-state index in [1.165, 1.54) is 6.08 Å². The molecule has 0 radical (unpaired) electrons. The Morgan fingerprint density at radius 2 is 1.82 bits per heavy atom. The van der Waals surface area contributed by atoms with Crippen LogP contribution < -0.4 is 4.74 Å². The smallest absolute Gasteiger partial charge is 0.130 e. The van der Waals surface area contributed by atoms with Gasteiger partial charge in [-0.15, -0.1) is 0 Å². The summed E-state index contributed by atoms with van der Waals surface area (Å²) in [4.78, 5) is 4.58. The van der Waals surface area contributed by atoms with Crippen LogP contribution in [0, 0.1) is 11.3 Å². The van der Waals surface area contributed by atoms with Gasteiger partial charge in [-0.3, -0.25) is 0 Å². The molecule has 0 aliphatic carbocycles. The molecular formula is C19H14N2O. The Morgan fingerprint density at radius 3 is 2.64 bits per heavy atom. The van der Waals surface area contributed by atoms with Crippen LogP contribution in [0.1, 0.15) is 11.3 Å². The fraction of sp³-hybridized carbons (Fsp3) is 0.0526. The molecule has 0 aliphatic rings. The maximum Gasteiger partial charge on any atom is 0.130 e. The summed E-state index contributed by atoms with van der Waals surface area (Å²) in [5.41, 5.74) is 2.84. The van der Waals surface area contributed by atoms with E-state index in [2.05, 4.69) is 11.1 Å². The Kier molecular flexibility index (Phi) is 4.12. The Morgan fingerprint density at radius 1 is 1.00 bits per heavy atom. The molecule has 106 valence electrons. The number of para-hydroxylation sites is 1. The lowest BCUT2D eigenvalue weighted by atomic mass is 10.2. The van der Waals surface area contributed by atoms with Gasteiger partial charge in [-0.05, 0) is 35.9 Å². The lowest BCUT2D eigenvalue weighted by Gasteiger charge is -2.07. The van der Waals surface area contributed by atoms with Crippen molar-refractivity contribution in [3.05, 3.63) is 78.0 Å². The summed E-state index contributed by atoms with van der Waals surface area (Å²) in [5.74, 6) is 0.782. The molecule has 0 bridgehead atoms. The molecule has 1 heterocycles. The third kappa shape index (κ3) is 3.31. The Balaban J connectivity index is 1.68. The highest BCUT2D eigenvalue weighted by molar-refractivity contribution is 5.78. The van der Waals surface area contributed by atoms with E-state index in [0.29, 0.717) is 6.61 Å². The van der Waals surface area contributed by atoms with Gasteiger partial charge >= 0.3 is 0 Å². The van der Waals surface area contributed by atoms with E-state index in [4.69, 9.17) is 10.00 Å². The molecule has 0 amide bonds. The monoisotopic (exact) mass is 286 g/mol. The van der Waals surface area contributed by atoms with Gasteiger partial charge in [-0.1, -0.05) is 36.4 Å². The van der Waals surface area contributed by atoms with Crippen LogP contribution in [0.3, 0.4) is 0 Å². The van der Waals surface area contributed by atoms with Gasteiger partial charge in [0.25, 0.3) is 0 Å². The van der Waals surface area contributed by atoms with Crippen molar-refractivity contribution in [2.24, 2.45) is 0 Å². The fourth-order valence-electron chi connectivity index (χ4n) is 2.15. The molecule has 0 N–H and O–H groups in total. The van der Waals surface area contributed by atoms with Gasteiger partial charge in [0.1, 0.15) is 12.4 Å². The minimum absolute atomic E-state index is 0.429. The number of ether oxygens (including phenoxy) is 1. The molecule has 0 aliphatic heterocycles. The average Bonchev–Trinajstić information content (AvgIpc) is 2.59. The van der Waals surface area contributed by atoms with E-state index >= 15 is 0 Å². The van der Waals surface area contributed by atoms with Gasteiger partial charge in [-0.2, -0.15) is 5.26 Å². The zero-order valence-corrected chi connectivity index (χ0v) is 11.9. The number of aromatic nitrogens is 1. The first-order valence-electron chi connectivity index (χ1n) is 6.99. The lowest BCUT2D eigenvalue weighted by molar-refractivity contribution is 0.302. The second kappa shape index (κ2) is 6.55. The lowest BCUT2D eigenvalue weighted by Crippen LogP contribution is -1.98. The number of nitrogens with zero attached hydrogens (tertiary/aromatic N) is 2. The maximum absolute atomic E-state index is 8.50. The maximum atomic E-state index is 8.50. The van der Waals surface area contributed by atoms with Crippen LogP contribution in [0.5, 0.6) is 5.75 Å². The predicted molar refractivity (Wildman–Crippen MR) is 87.2 cm³/mol. The second-order valence-electron chi connectivity index (χ2n) is 4.82. The SMILES string of the molecule is N#C/C=C/c1ccc(OCc2ccc3ccccc3n2)cc1. The van der Waals surface area contributed by atoms with Crippen molar-refractivity contribution in [3.8, 4) is 11.8 Å². The zero-order valence-electron chi connectivity index (χ0n) is 11.9. The summed E-state index contributed by atoms with van der Waals surface area (Å²) in [6.45, 7) is 0.429. The van der Waals surface area contributed by atoms with Gasteiger partial charge in [0.05, 0.1) is 17.3 Å². The summed E-state index contributed by atoms with van der Waals surface area (Å²) in [6.07, 6.45) is 3.21. The van der Waals surface area contributed by atoms with Crippen LogP contribution in [-0.2, 0) is 6.61 Å². The van der Waals surface area contributed by atoms with E-state index in [1.807, 2.05) is 60.7 Å². The average molecular weight is 286 g/mol. The number of hydrogen-bond acceptors (Lipinski definition) is 3. The Labute approximate surface area is 129 Å². The van der Waals surface area contributed by atoms with E-state index in [9.17, 15) is 0 Å². The minimum atomic E-state index is 0.429. The third-order valence-electron chi connectivity index (χ3n) is 3.27. The van der Waals surface area contributed by atoms with Gasteiger partial charge in [-0.25, -0.2) is 4.98 Å². The molecular weight excluding hydrogens is 272 g/mol. The number of rotatable bonds is 4. The second-order valence-corrected chi connectivity index (χ2v) is 4.82. The molecule has 0 saturated heterocycles. The van der Waals surface area contributed by atoms with Gasteiger partial charge in [0.15, 0.2) is 0 Å². The molecule has 0 spiro atoms. The molecule has 0 fully saturated rings. The molecule has 3 aromatic rings. The van der Waals surface area contributed by atoms with Crippen molar-refractivity contribution in [2.75, 3.05) is 0 Å². The Bertz CT molecular complexity index is 845. The topological polar surface area (TPSA) is 45.9 Å². The molecule has 0 saturated carbocycles. The molecule has 3 rings (SSSR count). The van der Waals surface area contributed by atoms with E-state index in [0.717, 1.165) is 27.9 Å². The van der Waals surface area contributed by atoms with Gasteiger partial charge in [0, 0.05) is 11.5 Å². The zero-order chi connectivity index (χ0) is 15.2. The number of nitriles is 1. The molecule has 22 heavy (non-hydrogen) atoms. The summed E-state index contributed by atoms with van der Waals surface area (Å²) < 4.78 is 5.75.